The number of halogens is 1. The van der Waals surface area contributed by atoms with Crippen LogP contribution < -0.4 is 5.43 Å². The van der Waals surface area contributed by atoms with E-state index in [4.69, 9.17) is 11.6 Å². The molecule has 38 heavy (non-hydrogen) atoms. The highest BCUT2D eigenvalue weighted by atomic mass is 35.5. The first-order valence-corrected chi connectivity index (χ1v) is 12.1. The summed E-state index contributed by atoms with van der Waals surface area (Å²) in [7, 11) is 0. The third-order valence-corrected chi connectivity index (χ3v) is 6.31. The summed E-state index contributed by atoms with van der Waals surface area (Å²) >= 11 is 5.91. The van der Waals surface area contributed by atoms with Crippen molar-refractivity contribution >= 4 is 40.4 Å². The molecule has 0 aliphatic rings. The van der Waals surface area contributed by atoms with Crippen LogP contribution in [0.3, 0.4) is 0 Å². The van der Waals surface area contributed by atoms with Gasteiger partial charge >= 0.3 is 0 Å². The predicted molar refractivity (Wildman–Crippen MR) is 146 cm³/mol. The van der Waals surface area contributed by atoms with Gasteiger partial charge in [-0.25, -0.2) is 9.94 Å². The van der Waals surface area contributed by atoms with Gasteiger partial charge in [0.2, 0.25) is 5.65 Å². The number of carbonyl (C=O) groups excluding carboxylic acids is 1. The van der Waals surface area contributed by atoms with Crippen molar-refractivity contribution in [2.75, 3.05) is 0 Å². The second-order valence-corrected chi connectivity index (χ2v) is 8.91. The number of rotatable bonds is 5. The Balaban J connectivity index is 1.45. The van der Waals surface area contributed by atoms with Gasteiger partial charge in [0.05, 0.1) is 17.3 Å². The SMILES string of the molecule is Cc1c(C(=O)N/N=C/c2ccc(Cl)cc2)nnc2c3c(-c4ccccc4)c(-c4ccccc4)nnc3nn12. The standard InChI is InChI=1S/C28H19ClN8O/c1-17-24(28(38)35-30-16-18-12-14-21(29)15-13-18)31-34-27-23-22(19-8-4-2-5-9-19)25(20-10-6-3-7-11-20)32-33-26(23)36-37(17)27/h2-16H,1H3,(H,35,38)/b30-16+. The van der Waals surface area contributed by atoms with Crippen LogP contribution in [0.4, 0.5) is 0 Å². The van der Waals surface area contributed by atoms with Crippen molar-refractivity contribution in [1.29, 1.82) is 0 Å². The van der Waals surface area contributed by atoms with Crippen molar-refractivity contribution in [3.05, 3.63) is 107 Å². The molecule has 0 aliphatic carbocycles. The Hall–Kier alpha value is -5.02. The van der Waals surface area contributed by atoms with Crippen molar-refractivity contribution < 1.29 is 4.79 Å². The molecule has 9 nitrogen and oxygen atoms in total. The van der Waals surface area contributed by atoms with Gasteiger partial charge in [0.15, 0.2) is 11.3 Å². The van der Waals surface area contributed by atoms with E-state index >= 15 is 0 Å². The fourth-order valence-corrected chi connectivity index (χ4v) is 4.34. The number of fused-ring (bicyclic) bond motifs is 3. The van der Waals surface area contributed by atoms with Crippen LogP contribution in [-0.2, 0) is 0 Å². The molecular weight excluding hydrogens is 500 g/mol. The molecule has 0 radical (unpaired) electrons. The number of carbonyl (C=O) groups is 1. The second kappa shape index (κ2) is 9.79. The van der Waals surface area contributed by atoms with Crippen molar-refractivity contribution in [3.63, 3.8) is 0 Å². The van der Waals surface area contributed by atoms with Crippen LogP contribution in [0.5, 0.6) is 0 Å². The maximum Gasteiger partial charge on any atom is 0.293 e. The van der Waals surface area contributed by atoms with Crippen LogP contribution in [-0.4, -0.2) is 42.1 Å². The number of aromatic nitrogens is 6. The quantitative estimate of drug-likeness (QED) is 0.250. The molecule has 0 unspecified atom stereocenters. The molecule has 0 saturated heterocycles. The van der Waals surface area contributed by atoms with Crippen LogP contribution in [0.25, 0.3) is 39.1 Å². The Morgan fingerprint density at radius 1 is 0.868 bits per heavy atom. The summed E-state index contributed by atoms with van der Waals surface area (Å²) in [4.78, 5) is 12.9. The molecule has 10 heteroatoms. The van der Waals surface area contributed by atoms with Crippen LogP contribution >= 0.6 is 11.6 Å². The smallest absolute Gasteiger partial charge is 0.265 e. The molecule has 0 saturated carbocycles. The van der Waals surface area contributed by atoms with Gasteiger partial charge in [-0.2, -0.15) is 5.10 Å². The highest BCUT2D eigenvalue weighted by molar-refractivity contribution is 6.30. The lowest BCUT2D eigenvalue weighted by Crippen LogP contribution is -2.22. The fraction of sp³-hybridized carbons (Fsp3) is 0.0357. The van der Waals surface area contributed by atoms with E-state index in [1.165, 1.54) is 6.21 Å². The Morgan fingerprint density at radius 3 is 2.26 bits per heavy atom. The molecule has 3 aromatic heterocycles. The monoisotopic (exact) mass is 518 g/mol. The molecule has 0 spiro atoms. The number of benzene rings is 3. The molecule has 0 aliphatic heterocycles. The van der Waals surface area contributed by atoms with Gasteiger partial charge in [-0.1, -0.05) is 84.4 Å². The third kappa shape index (κ3) is 4.25. The zero-order chi connectivity index (χ0) is 26.1. The molecule has 0 bridgehead atoms. The lowest BCUT2D eigenvalue weighted by atomic mass is 9.97. The molecule has 3 heterocycles. The zero-order valence-corrected chi connectivity index (χ0v) is 20.8. The first-order valence-electron chi connectivity index (χ1n) is 11.7. The van der Waals surface area contributed by atoms with E-state index in [0.717, 1.165) is 22.3 Å². The van der Waals surface area contributed by atoms with E-state index in [1.807, 2.05) is 60.7 Å². The first kappa shape index (κ1) is 23.4. The van der Waals surface area contributed by atoms with Gasteiger partial charge in [-0.15, -0.1) is 25.5 Å². The van der Waals surface area contributed by atoms with Gasteiger partial charge in [-0.05, 0) is 30.2 Å². The lowest BCUT2D eigenvalue weighted by molar-refractivity contribution is 0.0947. The number of hydrogen-bond donors (Lipinski definition) is 1. The first-order chi connectivity index (χ1) is 18.6. The second-order valence-electron chi connectivity index (χ2n) is 8.47. The molecule has 0 fully saturated rings. The third-order valence-electron chi connectivity index (χ3n) is 6.05. The molecule has 3 aromatic carbocycles. The van der Waals surface area contributed by atoms with Gasteiger partial charge in [0, 0.05) is 16.1 Å². The van der Waals surface area contributed by atoms with Gasteiger partial charge in [0.25, 0.3) is 5.91 Å². The topological polar surface area (TPSA) is 110 Å². The molecule has 1 amide bonds. The summed E-state index contributed by atoms with van der Waals surface area (Å²) in [5.74, 6) is -0.513. The maximum atomic E-state index is 12.9. The van der Waals surface area contributed by atoms with E-state index in [9.17, 15) is 4.79 Å². The number of nitrogens with zero attached hydrogens (tertiary/aromatic N) is 7. The van der Waals surface area contributed by atoms with E-state index in [0.29, 0.717) is 33.1 Å². The van der Waals surface area contributed by atoms with Gasteiger partial charge in [0.1, 0.15) is 5.69 Å². The Labute approximate surface area is 221 Å². The summed E-state index contributed by atoms with van der Waals surface area (Å²) in [6.45, 7) is 1.75. The zero-order valence-electron chi connectivity index (χ0n) is 20.1. The van der Waals surface area contributed by atoms with Crippen molar-refractivity contribution in [2.24, 2.45) is 5.10 Å². The average molecular weight is 519 g/mol. The van der Waals surface area contributed by atoms with E-state index < -0.39 is 5.91 Å². The Kier molecular flexibility index (Phi) is 6.03. The highest BCUT2D eigenvalue weighted by Gasteiger charge is 2.23. The summed E-state index contributed by atoms with van der Waals surface area (Å²) in [6, 6.07) is 26.8. The Bertz CT molecular complexity index is 1820. The minimum Gasteiger partial charge on any atom is -0.265 e. The van der Waals surface area contributed by atoms with Crippen molar-refractivity contribution in [3.8, 4) is 22.4 Å². The Morgan fingerprint density at radius 2 is 1.55 bits per heavy atom. The van der Waals surface area contributed by atoms with E-state index in [2.05, 4.69) is 36.0 Å². The summed E-state index contributed by atoms with van der Waals surface area (Å²) in [5.41, 5.74) is 8.15. The molecule has 184 valence electrons. The average Bonchev–Trinajstić information content (AvgIpc) is 3.34. The van der Waals surface area contributed by atoms with Gasteiger partial charge in [-0.3, -0.25) is 4.79 Å². The number of hydrogen-bond acceptors (Lipinski definition) is 7. The number of nitrogens with one attached hydrogen (secondary N) is 1. The molecule has 1 N–H and O–H groups in total. The van der Waals surface area contributed by atoms with Gasteiger partial charge < -0.3 is 0 Å². The number of aryl methyl sites for hydroxylation is 1. The number of amides is 1. The van der Waals surface area contributed by atoms with Crippen LogP contribution in [0.1, 0.15) is 21.7 Å². The van der Waals surface area contributed by atoms with Crippen LogP contribution in [0.2, 0.25) is 5.02 Å². The van der Waals surface area contributed by atoms with Crippen molar-refractivity contribution in [1.82, 2.24) is 35.4 Å². The normalized spacial score (nSPS) is 11.4. The fourth-order valence-electron chi connectivity index (χ4n) is 4.21. The molecule has 6 aromatic rings. The molecule has 0 atom stereocenters. The van der Waals surface area contributed by atoms with Crippen LogP contribution in [0, 0.1) is 6.92 Å². The number of hydrazone groups is 1. The summed E-state index contributed by atoms with van der Waals surface area (Å²) in [6.07, 6.45) is 1.52. The molecular formula is C28H19ClN8O. The predicted octanol–water partition coefficient (Wildman–Crippen LogP) is 5.13. The molecule has 6 rings (SSSR count). The minimum atomic E-state index is -0.513. The largest absolute Gasteiger partial charge is 0.293 e. The van der Waals surface area contributed by atoms with E-state index in [1.54, 1.807) is 35.7 Å². The lowest BCUT2D eigenvalue weighted by Gasteiger charge is -2.10. The maximum absolute atomic E-state index is 12.9. The highest BCUT2D eigenvalue weighted by Crippen LogP contribution is 2.37. The van der Waals surface area contributed by atoms with E-state index in [-0.39, 0.29) is 5.69 Å². The summed E-state index contributed by atoms with van der Waals surface area (Å²) in [5, 5.41) is 27.5. The van der Waals surface area contributed by atoms with Crippen molar-refractivity contribution in [2.45, 2.75) is 6.92 Å². The van der Waals surface area contributed by atoms with Crippen LogP contribution in [0.15, 0.2) is 90.0 Å². The summed E-state index contributed by atoms with van der Waals surface area (Å²) < 4.78 is 1.57. The minimum absolute atomic E-state index is 0.0936.